The summed E-state index contributed by atoms with van der Waals surface area (Å²) in [5.74, 6) is 0.0106. The maximum Gasteiger partial charge on any atom is 0.275 e. The van der Waals surface area contributed by atoms with Crippen LogP contribution in [0.1, 0.15) is 20.8 Å². The Labute approximate surface area is 135 Å². The minimum atomic E-state index is -0.210. The van der Waals surface area contributed by atoms with Gasteiger partial charge < -0.3 is 23.0 Å². The third-order valence-corrected chi connectivity index (χ3v) is 3.00. The van der Waals surface area contributed by atoms with Crippen LogP contribution in [0.4, 0.5) is 5.69 Å². The first-order valence-electron chi connectivity index (χ1n) is 6.54. The highest BCUT2D eigenvalue weighted by atomic mass is 35.5. The highest BCUT2D eigenvalue weighted by Gasteiger charge is 2.15. The lowest BCUT2D eigenvalue weighted by atomic mass is 10.1. The molecule has 0 bridgehead atoms. The minimum absolute atomic E-state index is 0. The molecule has 0 aliphatic heterocycles. The maximum atomic E-state index is 11.8. The van der Waals surface area contributed by atoms with Crippen LogP contribution in [0, 0.1) is 0 Å². The lowest BCUT2D eigenvalue weighted by molar-refractivity contribution is -0.558. The first kappa shape index (κ1) is 17.7. The second kappa shape index (κ2) is 7.07. The van der Waals surface area contributed by atoms with Crippen molar-refractivity contribution in [2.24, 2.45) is 0 Å². The summed E-state index contributed by atoms with van der Waals surface area (Å²) < 4.78 is 0. The maximum absolute atomic E-state index is 11.8. The van der Waals surface area contributed by atoms with Crippen LogP contribution in [-0.4, -0.2) is 23.0 Å². The number of fused-ring (bicyclic) bond motifs is 1. The fraction of sp³-hybridized carbons (Fsp3) is 0.333. The molecule has 0 spiro atoms. The van der Waals surface area contributed by atoms with Crippen LogP contribution in [0.15, 0.2) is 30.5 Å². The van der Waals surface area contributed by atoms with Gasteiger partial charge >= 0.3 is 0 Å². The van der Waals surface area contributed by atoms with Crippen LogP contribution in [0.5, 0.6) is 0 Å². The third-order valence-electron chi connectivity index (χ3n) is 2.76. The summed E-state index contributed by atoms with van der Waals surface area (Å²) in [6.45, 7) is 6.25. The van der Waals surface area contributed by atoms with Crippen molar-refractivity contribution in [2.45, 2.75) is 26.3 Å². The van der Waals surface area contributed by atoms with Crippen LogP contribution in [0.3, 0.4) is 0 Å². The van der Waals surface area contributed by atoms with E-state index < -0.39 is 0 Å². The van der Waals surface area contributed by atoms with Crippen molar-refractivity contribution in [1.29, 1.82) is 0 Å². The normalized spacial score (nSPS) is 11.0. The van der Waals surface area contributed by atoms with Gasteiger partial charge in [0.05, 0.1) is 10.9 Å². The Kier molecular flexibility index (Phi) is 5.96. The molecule has 0 radical (unpaired) electrons. The number of nitrogens with one attached hydrogen (secondary N) is 1. The number of halogens is 2. The standard InChI is InChI=1S/C15H18ClN3O.ClH/c1-15(2,3)19-14(20)9-18-12-6-7-17-13-8-10(16)4-5-11(12)13;/h4-8H,9H2,1-3H3,(H,17,18)(H,19,20);1H. The van der Waals surface area contributed by atoms with Gasteiger partial charge in [-0.05, 0) is 39.0 Å². The summed E-state index contributed by atoms with van der Waals surface area (Å²) in [5.41, 5.74) is 1.62. The van der Waals surface area contributed by atoms with Gasteiger partial charge in [0, 0.05) is 22.8 Å². The predicted molar refractivity (Wildman–Crippen MR) is 81.1 cm³/mol. The molecule has 1 heterocycles. The van der Waals surface area contributed by atoms with Gasteiger partial charge in [-0.2, -0.15) is 0 Å². The van der Waals surface area contributed by atoms with Crippen molar-refractivity contribution < 1.29 is 22.5 Å². The number of rotatable bonds is 3. The summed E-state index contributed by atoms with van der Waals surface area (Å²) in [7, 11) is 0. The van der Waals surface area contributed by atoms with Crippen molar-refractivity contribution >= 4 is 34.1 Å². The van der Waals surface area contributed by atoms with E-state index in [1.165, 1.54) is 0 Å². The molecule has 4 nitrogen and oxygen atoms in total. The molecule has 0 aliphatic rings. The van der Waals surface area contributed by atoms with Crippen molar-refractivity contribution in [3.8, 4) is 0 Å². The summed E-state index contributed by atoms with van der Waals surface area (Å²) >= 11 is 5.96. The number of aromatic nitrogens is 1. The van der Waals surface area contributed by atoms with Gasteiger partial charge in [0.15, 0.2) is 6.54 Å². The molecule has 0 atom stereocenters. The number of quaternary nitrogens is 1. The van der Waals surface area contributed by atoms with Crippen LogP contribution in [-0.2, 0) is 4.79 Å². The Morgan fingerprint density at radius 1 is 1.33 bits per heavy atom. The van der Waals surface area contributed by atoms with Crippen molar-refractivity contribution in [2.75, 3.05) is 6.54 Å². The molecule has 2 rings (SSSR count). The van der Waals surface area contributed by atoms with Crippen molar-refractivity contribution in [1.82, 2.24) is 10.3 Å². The molecule has 1 amide bonds. The Balaban J connectivity index is 0.00000220. The Morgan fingerprint density at radius 3 is 2.71 bits per heavy atom. The fourth-order valence-electron chi connectivity index (χ4n) is 1.99. The Bertz CT molecular complexity index is 638. The fourth-order valence-corrected chi connectivity index (χ4v) is 2.16. The van der Waals surface area contributed by atoms with Gasteiger partial charge in [0.2, 0.25) is 0 Å². The van der Waals surface area contributed by atoms with E-state index in [4.69, 9.17) is 11.6 Å². The van der Waals surface area contributed by atoms with E-state index in [1.54, 1.807) is 6.20 Å². The van der Waals surface area contributed by atoms with Crippen LogP contribution in [0.25, 0.3) is 10.9 Å². The Hall–Kier alpha value is -1.36. The molecule has 0 aliphatic carbocycles. The summed E-state index contributed by atoms with van der Waals surface area (Å²) in [6, 6.07) is 7.49. The van der Waals surface area contributed by atoms with E-state index in [2.05, 4.69) is 10.3 Å². The monoisotopic (exact) mass is 327 g/mol. The topological polar surface area (TPSA) is 58.6 Å². The van der Waals surface area contributed by atoms with Gasteiger partial charge in [-0.15, -0.1) is 0 Å². The number of hydrogen-bond acceptors (Lipinski definition) is 2. The zero-order chi connectivity index (χ0) is 14.8. The summed E-state index contributed by atoms with van der Waals surface area (Å²) in [6.07, 6.45) is 1.73. The molecule has 6 heteroatoms. The molecule has 0 saturated heterocycles. The smallest absolute Gasteiger partial charge is 0.275 e. The molecule has 0 unspecified atom stereocenters. The minimum Gasteiger partial charge on any atom is -1.00 e. The quantitative estimate of drug-likeness (QED) is 0.760. The SMILES string of the molecule is CC(C)(C)NC(=O)C[NH2+]c1ccnc2cc(Cl)ccc12.[Cl-]. The highest BCUT2D eigenvalue weighted by Crippen LogP contribution is 2.21. The number of nitrogens with two attached hydrogens (primary N) is 1. The molecule has 21 heavy (non-hydrogen) atoms. The molecule has 2 aromatic rings. The number of benzene rings is 1. The molecule has 1 aromatic carbocycles. The second-order valence-electron chi connectivity index (χ2n) is 5.77. The third kappa shape index (κ3) is 5.16. The molecule has 1 aromatic heterocycles. The first-order valence-corrected chi connectivity index (χ1v) is 6.91. The number of hydrogen-bond donors (Lipinski definition) is 2. The van der Waals surface area contributed by atoms with Gasteiger partial charge in [-0.3, -0.25) is 9.78 Å². The number of amides is 1. The summed E-state index contributed by atoms with van der Waals surface area (Å²) in [5, 5.41) is 6.52. The number of carbonyl (C=O) groups excluding carboxylic acids is 1. The van der Waals surface area contributed by atoms with Gasteiger partial charge in [-0.1, -0.05) is 11.6 Å². The van der Waals surface area contributed by atoms with Gasteiger partial charge in [0.25, 0.3) is 5.91 Å². The van der Waals surface area contributed by atoms with Crippen LogP contribution in [0.2, 0.25) is 5.02 Å². The van der Waals surface area contributed by atoms with E-state index in [0.717, 1.165) is 16.6 Å². The molecule has 114 valence electrons. The van der Waals surface area contributed by atoms with Crippen molar-refractivity contribution in [3.63, 3.8) is 0 Å². The molecular weight excluding hydrogens is 309 g/mol. The molecule has 0 fully saturated rings. The van der Waals surface area contributed by atoms with Crippen LogP contribution >= 0.6 is 11.6 Å². The van der Waals surface area contributed by atoms with E-state index in [0.29, 0.717) is 11.6 Å². The van der Waals surface area contributed by atoms with Crippen molar-refractivity contribution in [3.05, 3.63) is 35.5 Å². The van der Waals surface area contributed by atoms with Crippen LogP contribution < -0.4 is 23.0 Å². The van der Waals surface area contributed by atoms with Gasteiger partial charge in [0.1, 0.15) is 5.69 Å². The predicted octanol–water partition coefficient (Wildman–Crippen LogP) is -0.998. The van der Waals surface area contributed by atoms with Gasteiger partial charge in [-0.25, -0.2) is 0 Å². The lowest BCUT2D eigenvalue weighted by Crippen LogP contribution is -3.00. The second-order valence-corrected chi connectivity index (χ2v) is 6.20. The lowest BCUT2D eigenvalue weighted by Gasteiger charge is -2.19. The molecule has 3 N–H and O–H groups in total. The van der Waals surface area contributed by atoms with E-state index in [-0.39, 0.29) is 23.9 Å². The largest absolute Gasteiger partial charge is 1.00 e. The molecule has 0 saturated carbocycles. The zero-order valence-corrected chi connectivity index (χ0v) is 13.8. The molecular formula is C15H19Cl2N3O. The zero-order valence-electron chi connectivity index (χ0n) is 12.3. The number of nitrogens with zero attached hydrogens (tertiary/aromatic N) is 1. The summed E-state index contributed by atoms with van der Waals surface area (Å²) in [4.78, 5) is 16.1. The van der Waals surface area contributed by atoms with E-state index in [9.17, 15) is 4.79 Å². The Morgan fingerprint density at radius 2 is 2.05 bits per heavy atom. The number of pyridine rings is 1. The number of carbonyl (C=O) groups is 1. The average molecular weight is 328 g/mol. The highest BCUT2D eigenvalue weighted by molar-refractivity contribution is 6.31. The van der Waals surface area contributed by atoms with E-state index in [1.807, 2.05) is 50.4 Å². The first-order chi connectivity index (χ1) is 9.35. The van der Waals surface area contributed by atoms with E-state index >= 15 is 0 Å². The average Bonchev–Trinajstić information content (AvgIpc) is 2.33.